The Morgan fingerprint density at radius 3 is 2.94 bits per heavy atom. The smallest absolute Gasteiger partial charge is 0.330 e. The second kappa shape index (κ2) is 4.59. The molecule has 6 nitrogen and oxygen atoms in total. The fourth-order valence-corrected chi connectivity index (χ4v) is 1.87. The third kappa shape index (κ3) is 2.26. The molecular formula is C9H10ClFN2O4. The van der Waals surface area contributed by atoms with E-state index < -0.39 is 29.8 Å². The average molecular weight is 265 g/mol. The standard InChI is InChI=1S/C9H10ClFN2O4/c10-5-2-13(9(16)12-7(5)15)8-6(11)1-4(3-14)17-8/h2,4,6,8,14H,1,3H2,(H,12,15,16)/t4-,6+,8+/m0/s1. The van der Waals surface area contributed by atoms with E-state index in [1.165, 1.54) is 0 Å². The van der Waals surface area contributed by atoms with Crippen molar-refractivity contribution in [1.82, 2.24) is 9.55 Å². The molecule has 94 valence electrons. The molecule has 1 fully saturated rings. The van der Waals surface area contributed by atoms with E-state index in [0.717, 1.165) is 10.8 Å². The van der Waals surface area contributed by atoms with E-state index >= 15 is 0 Å². The first-order chi connectivity index (χ1) is 8.02. The normalized spacial score (nSPS) is 28.5. The molecule has 0 aliphatic carbocycles. The van der Waals surface area contributed by atoms with Crippen LogP contribution in [0.5, 0.6) is 0 Å². The van der Waals surface area contributed by atoms with Gasteiger partial charge in [-0.1, -0.05) is 11.6 Å². The topological polar surface area (TPSA) is 84.3 Å². The Labute approximate surface area is 99.6 Å². The van der Waals surface area contributed by atoms with Crippen LogP contribution in [0.2, 0.25) is 5.02 Å². The minimum absolute atomic E-state index is 0.00957. The van der Waals surface area contributed by atoms with Gasteiger partial charge in [0.1, 0.15) is 11.2 Å². The molecule has 3 atom stereocenters. The van der Waals surface area contributed by atoms with Gasteiger partial charge in [0.15, 0.2) is 6.23 Å². The van der Waals surface area contributed by atoms with E-state index in [2.05, 4.69) is 0 Å². The maximum atomic E-state index is 13.6. The van der Waals surface area contributed by atoms with Gasteiger partial charge in [0.2, 0.25) is 0 Å². The lowest BCUT2D eigenvalue weighted by atomic mass is 10.2. The van der Waals surface area contributed by atoms with Crippen molar-refractivity contribution in [2.75, 3.05) is 6.61 Å². The number of H-pyrrole nitrogens is 1. The molecule has 1 aromatic rings. The van der Waals surface area contributed by atoms with Crippen LogP contribution in [0.3, 0.4) is 0 Å². The SMILES string of the molecule is O=c1[nH]c(=O)n([C@@H]2O[C@H](CO)C[C@H]2F)cc1Cl. The van der Waals surface area contributed by atoms with E-state index in [1.54, 1.807) is 0 Å². The first kappa shape index (κ1) is 12.3. The van der Waals surface area contributed by atoms with Crippen molar-refractivity contribution in [2.45, 2.75) is 24.9 Å². The Kier molecular flexibility index (Phi) is 3.32. The molecule has 1 aliphatic rings. The molecule has 17 heavy (non-hydrogen) atoms. The van der Waals surface area contributed by atoms with E-state index in [9.17, 15) is 14.0 Å². The summed E-state index contributed by atoms with van der Waals surface area (Å²) < 4.78 is 19.6. The summed E-state index contributed by atoms with van der Waals surface area (Å²) in [5.74, 6) is 0. The Bertz CT molecular complexity index is 528. The highest BCUT2D eigenvalue weighted by Gasteiger charge is 2.37. The van der Waals surface area contributed by atoms with Gasteiger partial charge in [0.05, 0.1) is 12.7 Å². The van der Waals surface area contributed by atoms with E-state index in [1.807, 2.05) is 4.98 Å². The number of alkyl halides is 1. The van der Waals surface area contributed by atoms with Crippen molar-refractivity contribution in [2.24, 2.45) is 0 Å². The number of aliphatic hydroxyl groups excluding tert-OH is 1. The number of aromatic amines is 1. The molecule has 1 aromatic heterocycles. The summed E-state index contributed by atoms with van der Waals surface area (Å²) in [5, 5.41) is 8.62. The predicted molar refractivity (Wildman–Crippen MR) is 56.8 cm³/mol. The number of rotatable bonds is 2. The van der Waals surface area contributed by atoms with Crippen LogP contribution in [0, 0.1) is 0 Å². The van der Waals surface area contributed by atoms with Gasteiger partial charge in [-0.3, -0.25) is 14.3 Å². The fourth-order valence-electron chi connectivity index (χ4n) is 1.71. The van der Waals surface area contributed by atoms with Crippen molar-refractivity contribution in [1.29, 1.82) is 0 Å². The molecule has 0 radical (unpaired) electrons. The highest BCUT2D eigenvalue weighted by Crippen LogP contribution is 2.30. The highest BCUT2D eigenvalue weighted by molar-refractivity contribution is 6.30. The zero-order valence-corrected chi connectivity index (χ0v) is 9.35. The van der Waals surface area contributed by atoms with Crippen LogP contribution in [0.4, 0.5) is 4.39 Å². The van der Waals surface area contributed by atoms with E-state index in [-0.39, 0.29) is 18.1 Å². The Morgan fingerprint density at radius 2 is 2.35 bits per heavy atom. The van der Waals surface area contributed by atoms with Gasteiger partial charge in [0.25, 0.3) is 5.56 Å². The second-order valence-electron chi connectivity index (χ2n) is 3.73. The van der Waals surface area contributed by atoms with Crippen LogP contribution in [0.25, 0.3) is 0 Å². The van der Waals surface area contributed by atoms with Crippen LogP contribution in [-0.4, -0.2) is 33.5 Å². The fraction of sp³-hybridized carbons (Fsp3) is 0.556. The summed E-state index contributed by atoms with van der Waals surface area (Å²) in [6, 6.07) is 0. The number of hydrogen-bond acceptors (Lipinski definition) is 4. The molecule has 1 saturated heterocycles. The molecule has 2 N–H and O–H groups in total. The number of aromatic nitrogens is 2. The number of ether oxygens (including phenoxy) is 1. The number of nitrogens with one attached hydrogen (secondary N) is 1. The molecule has 0 bridgehead atoms. The maximum Gasteiger partial charge on any atom is 0.330 e. The quantitative estimate of drug-likeness (QED) is 0.775. The van der Waals surface area contributed by atoms with Crippen LogP contribution in [0.15, 0.2) is 15.8 Å². The molecule has 0 amide bonds. The van der Waals surface area contributed by atoms with Gasteiger partial charge in [0, 0.05) is 12.6 Å². The van der Waals surface area contributed by atoms with Crippen LogP contribution in [0.1, 0.15) is 12.6 Å². The summed E-state index contributed by atoms with van der Waals surface area (Å²) in [5.41, 5.74) is -1.54. The van der Waals surface area contributed by atoms with Gasteiger partial charge in [-0.2, -0.15) is 0 Å². The number of nitrogens with zero attached hydrogens (tertiary/aromatic N) is 1. The zero-order chi connectivity index (χ0) is 12.6. The lowest BCUT2D eigenvalue weighted by Crippen LogP contribution is -2.34. The van der Waals surface area contributed by atoms with Crippen molar-refractivity contribution >= 4 is 11.6 Å². The highest BCUT2D eigenvalue weighted by atomic mass is 35.5. The Morgan fingerprint density at radius 1 is 1.65 bits per heavy atom. The van der Waals surface area contributed by atoms with Gasteiger partial charge in [-0.05, 0) is 0 Å². The summed E-state index contributed by atoms with van der Waals surface area (Å²) >= 11 is 5.55. The van der Waals surface area contributed by atoms with Gasteiger partial charge in [-0.25, -0.2) is 9.18 Å². The Hall–Kier alpha value is -1.18. The molecule has 0 aromatic carbocycles. The van der Waals surface area contributed by atoms with Gasteiger partial charge >= 0.3 is 5.69 Å². The second-order valence-corrected chi connectivity index (χ2v) is 4.13. The lowest BCUT2D eigenvalue weighted by molar-refractivity contribution is -0.0394. The number of aliphatic hydroxyl groups is 1. The first-order valence-corrected chi connectivity index (χ1v) is 5.32. The van der Waals surface area contributed by atoms with E-state index in [4.69, 9.17) is 21.4 Å². The van der Waals surface area contributed by atoms with Crippen molar-refractivity contribution in [3.8, 4) is 0 Å². The van der Waals surface area contributed by atoms with Crippen molar-refractivity contribution in [3.05, 3.63) is 32.1 Å². The number of hydrogen-bond donors (Lipinski definition) is 2. The molecule has 0 unspecified atom stereocenters. The minimum atomic E-state index is -1.44. The maximum absolute atomic E-state index is 13.6. The number of halogens is 2. The van der Waals surface area contributed by atoms with Crippen LogP contribution in [-0.2, 0) is 4.74 Å². The molecule has 2 rings (SSSR count). The monoisotopic (exact) mass is 264 g/mol. The third-order valence-electron chi connectivity index (χ3n) is 2.53. The summed E-state index contributed by atoms with van der Waals surface area (Å²) in [6.07, 6.45) is -2.25. The van der Waals surface area contributed by atoms with E-state index in [0.29, 0.717) is 0 Å². The zero-order valence-electron chi connectivity index (χ0n) is 8.60. The summed E-state index contributed by atoms with van der Waals surface area (Å²) in [4.78, 5) is 24.4. The first-order valence-electron chi connectivity index (χ1n) is 4.94. The lowest BCUT2D eigenvalue weighted by Gasteiger charge is -2.15. The van der Waals surface area contributed by atoms with Crippen molar-refractivity contribution in [3.63, 3.8) is 0 Å². The largest absolute Gasteiger partial charge is 0.394 e. The summed E-state index contributed by atoms with van der Waals surface area (Å²) in [6.45, 7) is -0.331. The van der Waals surface area contributed by atoms with Crippen molar-refractivity contribution < 1.29 is 14.2 Å². The van der Waals surface area contributed by atoms with Gasteiger partial charge < -0.3 is 9.84 Å². The molecule has 0 saturated carbocycles. The minimum Gasteiger partial charge on any atom is -0.394 e. The predicted octanol–water partition coefficient (Wildman–Crippen LogP) is -0.192. The van der Waals surface area contributed by atoms with Crippen LogP contribution < -0.4 is 11.2 Å². The Balaban J connectivity index is 2.38. The average Bonchev–Trinajstić information content (AvgIpc) is 2.65. The van der Waals surface area contributed by atoms with Crippen LogP contribution >= 0.6 is 11.6 Å². The molecule has 0 spiro atoms. The van der Waals surface area contributed by atoms with Gasteiger partial charge in [-0.15, -0.1) is 0 Å². The molecular weight excluding hydrogens is 255 g/mol. The molecule has 8 heteroatoms. The molecule has 2 heterocycles. The molecule has 1 aliphatic heterocycles. The third-order valence-corrected chi connectivity index (χ3v) is 2.80. The summed E-state index contributed by atoms with van der Waals surface area (Å²) in [7, 11) is 0.